The molecule has 1 amide bonds. The Labute approximate surface area is 163 Å². The van der Waals surface area contributed by atoms with E-state index in [0.717, 1.165) is 29.6 Å². The van der Waals surface area contributed by atoms with Gasteiger partial charge in [0.2, 0.25) is 0 Å². The molecule has 2 bridgehead atoms. The van der Waals surface area contributed by atoms with Crippen LogP contribution in [0.5, 0.6) is 0 Å². The summed E-state index contributed by atoms with van der Waals surface area (Å²) < 4.78 is 5.58. The lowest BCUT2D eigenvalue weighted by Crippen LogP contribution is -2.57. The Kier molecular flexibility index (Phi) is 4.36. The number of aromatic nitrogens is 1. The second-order valence-electron chi connectivity index (χ2n) is 8.48. The number of benzene rings is 1. The molecule has 4 rings (SSSR count). The average molecular weight is 384 g/mol. The number of piperazine rings is 1. The van der Waals surface area contributed by atoms with Gasteiger partial charge in [0.15, 0.2) is 0 Å². The fourth-order valence-electron chi connectivity index (χ4n) is 4.09. The third kappa shape index (κ3) is 3.46. The van der Waals surface area contributed by atoms with E-state index in [1.807, 2.05) is 37.8 Å². The first-order valence-corrected chi connectivity index (χ1v) is 9.53. The highest BCUT2D eigenvalue weighted by Crippen LogP contribution is 2.34. The third-order valence-corrected chi connectivity index (χ3v) is 5.28. The molecule has 1 aromatic heterocycles. The van der Waals surface area contributed by atoms with Gasteiger partial charge >= 0.3 is 6.09 Å². The van der Waals surface area contributed by atoms with Crippen LogP contribution in [0.25, 0.3) is 10.9 Å². The van der Waals surface area contributed by atoms with Crippen molar-refractivity contribution in [3.63, 3.8) is 0 Å². The van der Waals surface area contributed by atoms with Crippen molar-refractivity contribution in [3.05, 3.63) is 40.4 Å². The van der Waals surface area contributed by atoms with Gasteiger partial charge in [0.1, 0.15) is 11.4 Å². The van der Waals surface area contributed by atoms with E-state index in [-0.39, 0.29) is 23.9 Å². The number of nitro benzene ring substituents is 1. The molecule has 0 radical (unpaired) electrons. The van der Waals surface area contributed by atoms with Crippen LogP contribution in [0.4, 0.5) is 16.3 Å². The minimum absolute atomic E-state index is 0.0612. The number of carbonyl (C=O) groups is 1. The van der Waals surface area contributed by atoms with E-state index >= 15 is 0 Å². The molecule has 148 valence electrons. The summed E-state index contributed by atoms with van der Waals surface area (Å²) in [7, 11) is 0. The van der Waals surface area contributed by atoms with Crippen molar-refractivity contribution in [2.75, 3.05) is 18.0 Å². The van der Waals surface area contributed by atoms with Crippen LogP contribution in [-0.2, 0) is 4.74 Å². The van der Waals surface area contributed by atoms with Crippen LogP contribution in [0.15, 0.2) is 30.3 Å². The Morgan fingerprint density at radius 2 is 1.86 bits per heavy atom. The number of nitrogens with zero attached hydrogens (tertiary/aromatic N) is 4. The van der Waals surface area contributed by atoms with Crippen molar-refractivity contribution in [1.82, 2.24) is 9.88 Å². The second-order valence-corrected chi connectivity index (χ2v) is 8.48. The Morgan fingerprint density at radius 1 is 1.18 bits per heavy atom. The molecule has 2 aromatic rings. The molecule has 2 atom stereocenters. The van der Waals surface area contributed by atoms with Crippen molar-refractivity contribution in [3.8, 4) is 0 Å². The van der Waals surface area contributed by atoms with E-state index in [1.54, 1.807) is 6.07 Å². The predicted molar refractivity (Wildman–Crippen MR) is 105 cm³/mol. The Balaban J connectivity index is 1.53. The molecule has 1 aromatic carbocycles. The lowest BCUT2D eigenvalue weighted by molar-refractivity contribution is -0.384. The van der Waals surface area contributed by atoms with Crippen molar-refractivity contribution < 1.29 is 14.5 Å². The fourth-order valence-corrected chi connectivity index (χ4v) is 4.09. The largest absolute Gasteiger partial charge is 0.444 e. The van der Waals surface area contributed by atoms with Crippen LogP contribution in [0.2, 0.25) is 0 Å². The van der Waals surface area contributed by atoms with E-state index in [4.69, 9.17) is 9.72 Å². The van der Waals surface area contributed by atoms with Crippen LogP contribution in [0, 0.1) is 10.1 Å². The van der Waals surface area contributed by atoms with Gasteiger partial charge in [-0.3, -0.25) is 15.0 Å². The van der Waals surface area contributed by atoms with Crippen LogP contribution in [-0.4, -0.2) is 51.7 Å². The number of ether oxygens (including phenoxy) is 1. The Morgan fingerprint density at radius 3 is 2.46 bits per heavy atom. The molecule has 28 heavy (non-hydrogen) atoms. The van der Waals surface area contributed by atoms with Crippen LogP contribution in [0.3, 0.4) is 0 Å². The summed E-state index contributed by atoms with van der Waals surface area (Å²) in [6.07, 6.45) is 1.68. The van der Waals surface area contributed by atoms with Crippen LogP contribution < -0.4 is 4.90 Å². The zero-order valence-electron chi connectivity index (χ0n) is 16.3. The molecule has 2 aliphatic rings. The smallest absolute Gasteiger partial charge is 0.410 e. The molecule has 8 heteroatoms. The molecule has 2 unspecified atom stereocenters. The van der Waals surface area contributed by atoms with E-state index in [9.17, 15) is 14.9 Å². The van der Waals surface area contributed by atoms with Gasteiger partial charge in [-0.2, -0.15) is 0 Å². The van der Waals surface area contributed by atoms with Crippen molar-refractivity contribution in [2.24, 2.45) is 0 Å². The zero-order chi connectivity index (χ0) is 20.1. The molecule has 2 fully saturated rings. The Bertz CT molecular complexity index is 925. The van der Waals surface area contributed by atoms with Gasteiger partial charge in [-0.05, 0) is 51.8 Å². The van der Waals surface area contributed by atoms with Gasteiger partial charge in [0, 0.05) is 30.6 Å². The SMILES string of the molecule is CC(C)(C)OC(=O)N1C2CCC1CN(c1ccc3cc([N+](=O)[O-])ccc3n1)C2. The Hall–Kier alpha value is -2.90. The summed E-state index contributed by atoms with van der Waals surface area (Å²) in [6.45, 7) is 7.06. The summed E-state index contributed by atoms with van der Waals surface area (Å²) in [5.74, 6) is 0.835. The number of hydrogen-bond acceptors (Lipinski definition) is 6. The molecule has 2 saturated heterocycles. The number of rotatable bonds is 2. The highest BCUT2D eigenvalue weighted by atomic mass is 16.6. The maximum atomic E-state index is 12.6. The minimum atomic E-state index is -0.504. The first-order chi connectivity index (χ1) is 13.2. The standard InChI is InChI=1S/C20H24N4O4/c1-20(2,3)28-19(25)23-15-5-6-16(23)12-22(11-15)18-9-4-13-10-14(24(26)27)7-8-17(13)21-18/h4,7-10,15-16H,5-6,11-12H2,1-3H3. The van der Waals surface area contributed by atoms with E-state index in [2.05, 4.69) is 4.90 Å². The molecule has 0 N–H and O–H groups in total. The van der Waals surface area contributed by atoms with Gasteiger partial charge in [-0.1, -0.05) is 0 Å². The number of fused-ring (bicyclic) bond motifs is 3. The first-order valence-electron chi connectivity index (χ1n) is 9.53. The van der Waals surface area contributed by atoms with Crippen molar-refractivity contribution in [2.45, 2.75) is 51.3 Å². The van der Waals surface area contributed by atoms with Gasteiger partial charge in [0.25, 0.3) is 5.69 Å². The number of carbonyl (C=O) groups excluding carboxylic acids is 1. The van der Waals surface area contributed by atoms with Crippen molar-refractivity contribution in [1.29, 1.82) is 0 Å². The fraction of sp³-hybridized carbons (Fsp3) is 0.500. The molecule has 3 heterocycles. The minimum Gasteiger partial charge on any atom is -0.444 e. The monoisotopic (exact) mass is 384 g/mol. The van der Waals surface area contributed by atoms with Gasteiger partial charge < -0.3 is 9.64 Å². The van der Waals surface area contributed by atoms with Gasteiger partial charge in [-0.25, -0.2) is 9.78 Å². The lowest BCUT2D eigenvalue weighted by Gasteiger charge is -2.41. The number of nitro groups is 1. The number of pyridine rings is 1. The van der Waals surface area contributed by atoms with Gasteiger partial charge in [-0.15, -0.1) is 0 Å². The first kappa shape index (κ1) is 18.5. The molecular formula is C20H24N4O4. The number of amides is 1. The quantitative estimate of drug-likeness (QED) is 0.579. The molecule has 0 aliphatic carbocycles. The summed E-state index contributed by atoms with van der Waals surface area (Å²) in [6, 6.07) is 8.69. The summed E-state index contributed by atoms with van der Waals surface area (Å²) >= 11 is 0. The predicted octanol–water partition coefficient (Wildman–Crippen LogP) is 3.73. The average Bonchev–Trinajstić information content (AvgIpc) is 2.89. The second kappa shape index (κ2) is 6.61. The summed E-state index contributed by atoms with van der Waals surface area (Å²) in [5, 5.41) is 11.7. The number of anilines is 1. The summed E-state index contributed by atoms with van der Waals surface area (Å²) in [5.41, 5.74) is 0.284. The maximum absolute atomic E-state index is 12.6. The topological polar surface area (TPSA) is 88.8 Å². The highest BCUT2D eigenvalue weighted by Gasteiger charge is 2.44. The molecule has 0 saturated carbocycles. The number of hydrogen-bond donors (Lipinski definition) is 0. The van der Waals surface area contributed by atoms with Crippen LogP contribution in [0.1, 0.15) is 33.6 Å². The molecule has 2 aliphatic heterocycles. The molecule has 8 nitrogen and oxygen atoms in total. The normalized spacial score (nSPS) is 21.8. The van der Waals surface area contributed by atoms with E-state index in [1.165, 1.54) is 12.1 Å². The number of non-ortho nitro benzene ring substituents is 1. The van der Waals surface area contributed by atoms with E-state index in [0.29, 0.717) is 13.1 Å². The lowest BCUT2D eigenvalue weighted by atomic mass is 10.1. The molecular weight excluding hydrogens is 360 g/mol. The van der Waals surface area contributed by atoms with Crippen molar-refractivity contribution >= 4 is 28.5 Å². The maximum Gasteiger partial charge on any atom is 0.410 e. The highest BCUT2D eigenvalue weighted by molar-refractivity contribution is 5.82. The third-order valence-electron chi connectivity index (χ3n) is 5.28. The summed E-state index contributed by atoms with van der Waals surface area (Å²) in [4.78, 5) is 31.9. The van der Waals surface area contributed by atoms with Crippen LogP contribution >= 0.6 is 0 Å². The van der Waals surface area contributed by atoms with E-state index < -0.39 is 10.5 Å². The zero-order valence-corrected chi connectivity index (χ0v) is 16.3. The molecule has 0 spiro atoms. The van der Waals surface area contributed by atoms with Gasteiger partial charge in [0.05, 0.1) is 22.5 Å².